The Kier molecular flexibility index (Phi) is 2.26. The molecule has 0 aliphatic heterocycles. The van der Waals surface area contributed by atoms with Crippen LogP contribution in [0.1, 0.15) is 24.3 Å². The van der Waals surface area contributed by atoms with E-state index in [1.807, 2.05) is 24.3 Å². The lowest BCUT2D eigenvalue weighted by Crippen LogP contribution is -2.19. The van der Waals surface area contributed by atoms with Crippen molar-refractivity contribution in [3.8, 4) is 11.4 Å². The zero-order valence-electron chi connectivity index (χ0n) is 9.81. The summed E-state index contributed by atoms with van der Waals surface area (Å²) >= 11 is 0. The molecule has 1 aromatic carbocycles. The lowest BCUT2D eigenvalue weighted by molar-refractivity contribution is 0.347. The Balaban J connectivity index is 1.92. The van der Waals surface area contributed by atoms with Crippen molar-refractivity contribution in [3.63, 3.8) is 0 Å². The fourth-order valence-electron chi connectivity index (χ4n) is 1.91. The van der Waals surface area contributed by atoms with Gasteiger partial charge >= 0.3 is 0 Å². The number of benzene rings is 1. The summed E-state index contributed by atoms with van der Waals surface area (Å²) < 4.78 is 5.33. The van der Waals surface area contributed by atoms with Crippen molar-refractivity contribution in [2.45, 2.75) is 25.2 Å². The van der Waals surface area contributed by atoms with Crippen LogP contribution in [-0.2, 0) is 5.41 Å². The molecule has 0 unspecified atom stereocenters. The van der Waals surface area contributed by atoms with E-state index in [9.17, 15) is 0 Å². The first-order chi connectivity index (χ1) is 8.23. The van der Waals surface area contributed by atoms with Crippen molar-refractivity contribution in [1.29, 1.82) is 0 Å². The number of hydrogen-bond acceptors (Lipinski definition) is 4. The van der Waals surface area contributed by atoms with Crippen LogP contribution in [0.25, 0.3) is 11.4 Å². The Morgan fingerprint density at radius 3 is 2.59 bits per heavy atom. The van der Waals surface area contributed by atoms with Gasteiger partial charge in [-0.1, -0.05) is 35.0 Å². The second-order valence-corrected chi connectivity index (χ2v) is 4.77. The minimum absolute atomic E-state index is 0.0318. The first-order valence-electron chi connectivity index (χ1n) is 5.85. The number of aromatic nitrogens is 2. The van der Waals surface area contributed by atoms with Crippen molar-refractivity contribution in [2.75, 3.05) is 6.54 Å². The molecule has 2 aromatic rings. The highest BCUT2D eigenvalue weighted by Crippen LogP contribution is 2.46. The summed E-state index contributed by atoms with van der Waals surface area (Å²) in [6.07, 6.45) is 2.11. The van der Waals surface area contributed by atoms with Crippen LogP contribution in [-0.4, -0.2) is 16.7 Å². The third-order valence-electron chi connectivity index (χ3n) is 3.43. The molecule has 1 heterocycles. The lowest BCUT2D eigenvalue weighted by Gasteiger charge is -2.03. The van der Waals surface area contributed by atoms with E-state index in [0.29, 0.717) is 18.3 Å². The van der Waals surface area contributed by atoms with Crippen LogP contribution in [0.15, 0.2) is 28.8 Å². The summed E-state index contributed by atoms with van der Waals surface area (Å²) in [7, 11) is 0. The van der Waals surface area contributed by atoms with Crippen molar-refractivity contribution in [2.24, 2.45) is 5.73 Å². The molecular weight excluding hydrogens is 214 g/mol. The molecule has 1 aliphatic carbocycles. The summed E-state index contributed by atoms with van der Waals surface area (Å²) in [6.45, 7) is 2.64. The van der Waals surface area contributed by atoms with E-state index in [2.05, 4.69) is 17.1 Å². The molecule has 0 spiro atoms. The van der Waals surface area contributed by atoms with E-state index in [1.165, 1.54) is 5.56 Å². The Bertz CT molecular complexity index is 526. The van der Waals surface area contributed by atoms with Gasteiger partial charge in [-0.25, -0.2) is 0 Å². The summed E-state index contributed by atoms with van der Waals surface area (Å²) in [4.78, 5) is 4.46. The summed E-state index contributed by atoms with van der Waals surface area (Å²) in [6, 6.07) is 8.10. The Hall–Kier alpha value is -1.68. The topological polar surface area (TPSA) is 64.9 Å². The van der Waals surface area contributed by atoms with Gasteiger partial charge in [0.05, 0.1) is 5.41 Å². The summed E-state index contributed by atoms with van der Waals surface area (Å²) in [5.74, 6) is 1.34. The van der Waals surface area contributed by atoms with Crippen LogP contribution in [0.2, 0.25) is 0 Å². The normalized spacial score (nSPS) is 17.1. The van der Waals surface area contributed by atoms with Gasteiger partial charge in [-0.15, -0.1) is 0 Å². The fourth-order valence-corrected chi connectivity index (χ4v) is 1.91. The molecule has 1 aromatic heterocycles. The number of nitrogens with zero attached hydrogens (tertiary/aromatic N) is 2. The Morgan fingerprint density at radius 2 is 2.00 bits per heavy atom. The zero-order valence-corrected chi connectivity index (χ0v) is 9.81. The average Bonchev–Trinajstić information content (AvgIpc) is 3.00. The number of rotatable bonds is 3. The third kappa shape index (κ3) is 1.74. The molecule has 1 fully saturated rings. The molecule has 0 radical (unpaired) electrons. The van der Waals surface area contributed by atoms with E-state index in [-0.39, 0.29) is 5.41 Å². The van der Waals surface area contributed by atoms with Crippen LogP contribution < -0.4 is 5.73 Å². The van der Waals surface area contributed by atoms with Crippen LogP contribution in [0, 0.1) is 6.92 Å². The smallest absolute Gasteiger partial charge is 0.234 e. The zero-order chi connectivity index (χ0) is 11.9. The Morgan fingerprint density at radius 1 is 1.29 bits per heavy atom. The van der Waals surface area contributed by atoms with Gasteiger partial charge in [0.15, 0.2) is 0 Å². The van der Waals surface area contributed by atoms with Crippen LogP contribution in [0.4, 0.5) is 0 Å². The maximum Gasteiger partial charge on any atom is 0.234 e. The molecular formula is C13H15N3O. The van der Waals surface area contributed by atoms with Crippen molar-refractivity contribution in [1.82, 2.24) is 10.1 Å². The number of aryl methyl sites for hydroxylation is 1. The minimum atomic E-state index is -0.0318. The highest BCUT2D eigenvalue weighted by molar-refractivity contribution is 5.54. The van der Waals surface area contributed by atoms with Crippen molar-refractivity contribution >= 4 is 0 Å². The molecule has 1 saturated carbocycles. The first-order valence-corrected chi connectivity index (χ1v) is 5.85. The van der Waals surface area contributed by atoms with E-state index in [4.69, 9.17) is 10.3 Å². The maximum atomic E-state index is 5.74. The van der Waals surface area contributed by atoms with Crippen LogP contribution >= 0.6 is 0 Å². The van der Waals surface area contributed by atoms with Gasteiger partial charge in [0.1, 0.15) is 0 Å². The van der Waals surface area contributed by atoms with E-state index in [1.54, 1.807) is 0 Å². The quantitative estimate of drug-likeness (QED) is 0.874. The van der Waals surface area contributed by atoms with Gasteiger partial charge in [-0.05, 0) is 19.8 Å². The predicted molar refractivity (Wildman–Crippen MR) is 64.4 cm³/mol. The van der Waals surface area contributed by atoms with E-state index < -0.39 is 0 Å². The van der Waals surface area contributed by atoms with Crippen molar-refractivity contribution in [3.05, 3.63) is 35.7 Å². The van der Waals surface area contributed by atoms with Gasteiger partial charge < -0.3 is 10.3 Å². The Labute approximate surface area is 99.8 Å². The molecule has 4 heteroatoms. The molecule has 0 bridgehead atoms. The second kappa shape index (κ2) is 3.67. The van der Waals surface area contributed by atoms with E-state index in [0.717, 1.165) is 18.4 Å². The fraction of sp³-hybridized carbons (Fsp3) is 0.385. The van der Waals surface area contributed by atoms with Gasteiger partial charge in [-0.2, -0.15) is 4.98 Å². The largest absolute Gasteiger partial charge is 0.338 e. The van der Waals surface area contributed by atoms with E-state index >= 15 is 0 Å². The summed E-state index contributed by atoms with van der Waals surface area (Å²) in [5, 5.41) is 4.03. The number of hydrogen-bond donors (Lipinski definition) is 1. The van der Waals surface area contributed by atoms with Crippen LogP contribution in [0.3, 0.4) is 0 Å². The highest BCUT2D eigenvalue weighted by Gasteiger charge is 2.48. The van der Waals surface area contributed by atoms with Gasteiger partial charge in [-0.3, -0.25) is 0 Å². The first kappa shape index (κ1) is 10.5. The lowest BCUT2D eigenvalue weighted by atomic mass is 10.1. The summed E-state index contributed by atoms with van der Waals surface area (Å²) in [5.41, 5.74) is 7.91. The molecule has 3 rings (SSSR count). The molecule has 1 aliphatic rings. The number of nitrogens with two attached hydrogens (primary N) is 1. The minimum Gasteiger partial charge on any atom is -0.338 e. The standard InChI is InChI=1S/C13H15N3O/c1-9-2-4-10(5-3-9)11-15-12(17-16-11)13(8-14)6-7-13/h2-5H,6-8,14H2,1H3. The van der Waals surface area contributed by atoms with Crippen LogP contribution in [0.5, 0.6) is 0 Å². The van der Waals surface area contributed by atoms with Crippen molar-refractivity contribution < 1.29 is 4.52 Å². The molecule has 4 nitrogen and oxygen atoms in total. The molecule has 0 atom stereocenters. The van der Waals surface area contributed by atoms with Gasteiger partial charge in [0.25, 0.3) is 0 Å². The van der Waals surface area contributed by atoms with Gasteiger partial charge in [0.2, 0.25) is 11.7 Å². The molecule has 2 N–H and O–H groups in total. The third-order valence-corrected chi connectivity index (χ3v) is 3.43. The SMILES string of the molecule is Cc1ccc(-c2noc(C3(CN)CC3)n2)cc1. The monoisotopic (exact) mass is 229 g/mol. The molecule has 0 amide bonds. The molecule has 0 saturated heterocycles. The predicted octanol–water partition coefficient (Wildman–Crippen LogP) is 2.04. The molecule has 17 heavy (non-hydrogen) atoms. The maximum absolute atomic E-state index is 5.74. The van der Waals surface area contributed by atoms with Gasteiger partial charge in [0, 0.05) is 12.1 Å². The molecule has 88 valence electrons. The highest BCUT2D eigenvalue weighted by atomic mass is 16.5. The average molecular weight is 229 g/mol. The second-order valence-electron chi connectivity index (χ2n) is 4.77.